The van der Waals surface area contributed by atoms with E-state index in [1.54, 1.807) is 45.0 Å². The summed E-state index contributed by atoms with van der Waals surface area (Å²) in [7, 11) is -3.68. The molecule has 2 aromatic heterocycles. The molecule has 0 saturated carbocycles. The summed E-state index contributed by atoms with van der Waals surface area (Å²) in [6.45, 7) is 5.36. The lowest BCUT2D eigenvalue weighted by molar-refractivity contribution is 0.459. The van der Waals surface area contributed by atoms with Crippen LogP contribution in [-0.4, -0.2) is 34.1 Å². The van der Waals surface area contributed by atoms with Crippen LogP contribution in [0.5, 0.6) is 0 Å². The third kappa shape index (κ3) is 5.59. The third-order valence-corrected chi connectivity index (χ3v) is 8.10. The number of aromatic nitrogens is 2. The zero-order chi connectivity index (χ0) is 26.3. The van der Waals surface area contributed by atoms with Crippen LogP contribution in [0.4, 0.5) is 8.78 Å². The summed E-state index contributed by atoms with van der Waals surface area (Å²) in [6.07, 6.45) is 0.879. The molecule has 11 heteroatoms. The van der Waals surface area contributed by atoms with E-state index in [9.17, 15) is 21.8 Å². The first-order valence-corrected chi connectivity index (χ1v) is 14.1. The highest BCUT2D eigenvalue weighted by Gasteiger charge is 2.32. The lowest BCUT2D eigenvalue weighted by Gasteiger charge is -2.29. The van der Waals surface area contributed by atoms with Crippen molar-refractivity contribution in [3.63, 3.8) is 0 Å². The molecule has 0 radical (unpaired) electrons. The summed E-state index contributed by atoms with van der Waals surface area (Å²) >= 11 is -1.58. The van der Waals surface area contributed by atoms with E-state index >= 15 is 0 Å². The molecule has 2 atom stereocenters. The van der Waals surface area contributed by atoms with Gasteiger partial charge in [-0.05, 0) is 56.7 Å². The van der Waals surface area contributed by atoms with Gasteiger partial charge < -0.3 is 9.08 Å². The number of halogens is 2. The van der Waals surface area contributed by atoms with E-state index in [-0.39, 0.29) is 17.1 Å². The van der Waals surface area contributed by atoms with E-state index in [1.165, 1.54) is 18.2 Å². The summed E-state index contributed by atoms with van der Waals surface area (Å²) in [5.74, 6) is -1.15. The maximum absolute atomic E-state index is 14.8. The minimum Gasteiger partial charge on any atom is -0.598 e. The number of sulfone groups is 1. The molecular weight excluding hydrogens is 508 g/mol. The van der Waals surface area contributed by atoms with E-state index in [0.29, 0.717) is 27.8 Å². The molecule has 0 aliphatic rings. The number of nitrogens with zero attached hydrogens (tertiary/aromatic N) is 2. The van der Waals surface area contributed by atoms with Crippen LogP contribution in [0.2, 0.25) is 0 Å². The summed E-state index contributed by atoms with van der Waals surface area (Å²) < 4.78 is 73.8. The molecule has 1 N–H and O–H groups in total. The molecule has 7 nitrogen and oxygen atoms in total. The molecule has 2 unspecified atom stereocenters. The van der Waals surface area contributed by atoms with Gasteiger partial charge in [0.25, 0.3) is 0 Å². The van der Waals surface area contributed by atoms with Crippen LogP contribution in [0.25, 0.3) is 22.2 Å². The fourth-order valence-corrected chi connectivity index (χ4v) is 5.06. The van der Waals surface area contributed by atoms with Gasteiger partial charge in [0.1, 0.15) is 22.1 Å². The second kappa shape index (κ2) is 9.89. The highest BCUT2D eigenvalue weighted by Crippen LogP contribution is 2.35. The zero-order valence-electron chi connectivity index (χ0n) is 20.1. The molecule has 36 heavy (non-hydrogen) atoms. The van der Waals surface area contributed by atoms with Crippen molar-refractivity contribution in [3.05, 3.63) is 77.5 Å². The molecule has 0 spiro atoms. The topological polar surface area (TPSA) is 108 Å². The number of fused-ring (bicyclic) bond motifs is 1. The molecule has 2 aromatic carbocycles. The van der Waals surface area contributed by atoms with Crippen LogP contribution < -0.4 is 4.72 Å². The molecule has 0 amide bonds. The maximum Gasteiger partial charge on any atom is 0.192 e. The van der Waals surface area contributed by atoms with Crippen molar-refractivity contribution < 1.29 is 26.3 Å². The minimum atomic E-state index is -3.68. The Balaban J connectivity index is 1.85. The zero-order valence-corrected chi connectivity index (χ0v) is 21.7. The van der Waals surface area contributed by atoms with Crippen LogP contribution in [0.1, 0.15) is 38.1 Å². The van der Waals surface area contributed by atoms with E-state index < -0.39 is 43.6 Å². The number of pyridine rings is 1. The minimum absolute atomic E-state index is 0.104. The average Bonchev–Trinajstić information content (AvgIpc) is 3.21. The van der Waals surface area contributed by atoms with Crippen LogP contribution >= 0.6 is 0 Å². The molecule has 4 rings (SSSR count). The summed E-state index contributed by atoms with van der Waals surface area (Å²) in [4.78, 5) is 4.05. The van der Waals surface area contributed by atoms with Gasteiger partial charge in [-0.2, -0.15) is 0 Å². The van der Waals surface area contributed by atoms with Gasteiger partial charge in [-0.15, -0.1) is 4.72 Å². The summed E-state index contributed by atoms with van der Waals surface area (Å²) in [5, 5.41) is 4.32. The Morgan fingerprint density at radius 2 is 1.83 bits per heavy atom. The van der Waals surface area contributed by atoms with Crippen molar-refractivity contribution >= 4 is 32.2 Å². The van der Waals surface area contributed by atoms with Crippen molar-refractivity contribution in [1.82, 2.24) is 14.9 Å². The number of nitrogens with one attached hydrogen (secondary N) is 1. The Bertz CT molecular complexity index is 1520. The Hall–Kier alpha value is -2.86. The largest absolute Gasteiger partial charge is 0.598 e. The summed E-state index contributed by atoms with van der Waals surface area (Å²) in [6, 6.07) is 12.5. The Kier molecular flexibility index (Phi) is 7.20. The normalized spacial score (nSPS) is 14.2. The van der Waals surface area contributed by atoms with Crippen molar-refractivity contribution in [2.24, 2.45) is 0 Å². The lowest BCUT2D eigenvalue weighted by atomic mass is 9.94. The highest BCUT2D eigenvalue weighted by molar-refractivity contribution is 7.91. The number of rotatable bonds is 7. The number of hydrogen-bond donors (Lipinski definition) is 1. The molecule has 4 aromatic rings. The molecule has 0 bridgehead atoms. The second-order valence-corrected chi connectivity index (χ2v) is 13.3. The van der Waals surface area contributed by atoms with Crippen LogP contribution in [-0.2, 0) is 27.6 Å². The SMILES string of the molecule is CC(C)(C)[S+]([O-])NC(Cc1nc(S(C)(=O)=O)ccc1F)c1ccccc1-c1noc2ccc(F)cc12. The first kappa shape index (κ1) is 26.2. The summed E-state index contributed by atoms with van der Waals surface area (Å²) in [5.41, 5.74) is 1.79. The van der Waals surface area contributed by atoms with Gasteiger partial charge in [0.15, 0.2) is 20.4 Å². The van der Waals surface area contributed by atoms with Crippen molar-refractivity contribution in [2.45, 2.75) is 43.0 Å². The quantitative estimate of drug-likeness (QED) is 0.336. The van der Waals surface area contributed by atoms with Crippen molar-refractivity contribution in [2.75, 3.05) is 6.26 Å². The highest BCUT2D eigenvalue weighted by atomic mass is 32.2. The number of benzene rings is 2. The van der Waals surface area contributed by atoms with Gasteiger partial charge in [-0.25, -0.2) is 22.2 Å². The van der Waals surface area contributed by atoms with E-state index in [0.717, 1.165) is 18.4 Å². The lowest BCUT2D eigenvalue weighted by Crippen LogP contribution is -2.42. The molecule has 0 aliphatic heterocycles. The van der Waals surface area contributed by atoms with Crippen LogP contribution in [0.15, 0.2) is 64.1 Å². The van der Waals surface area contributed by atoms with Gasteiger partial charge >= 0.3 is 0 Å². The van der Waals surface area contributed by atoms with E-state index in [4.69, 9.17) is 4.52 Å². The Morgan fingerprint density at radius 3 is 2.53 bits per heavy atom. The van der Waals surface area contributed by atoms with Gasteiger partial charge in [-0.3, -0.25) is 0 Å². The molecule has 0 aliphatic carbocycles. The average molecular weight is 534 g/mol. The molecule has 0 fully saturated rings. The predicted octanol–water partition coefficient (Wildman–Crippen LogP) is 4.91. The van der Waals surface area contributed by atoms with E-state index in [1.807, 2.05) is 0 Å². The standard InChI is InChI=1S/C25H25F2N3O4S2/c1-25(2,3)35(31)30-20(14-21-19(27)10-12-23(28-21)36(4,32)33)16-7-5-6-8-17(16)24-18-13-15(26)9-11-22(18)34-29-24/h5-13,20,30H,14H2,1-4H3. The second-order valence-electron chi connectivity index (χ2n) is 9.36. The van der Waals surface area contributed by atoms with Gasteiger partial charge in [0, 0.05) is 29.6 Å². The Morgan fingerprint density at radius 1 is 1.11 bits per heavy atom. The van der Waals surface area contributed by atoms with Crippen molar-refractivity contribution in [3.8, 4) is 11.3 Å². The molecule has 2 heterocycles. The monoisotopic (exact) mass is 533 g/mol. The van der Waals surface area contributed by atoms with Gasteiger partial charge in [-0.1, -0.05) is 29.4 Å². The molecule has 0 saturated heterocycles. The van der Waals surface area contributed by atoms with Crippen molar-refractivity contribution in [1.29, 1.82) is 0 Å². The Labute approximate surface area is 211 Å². The first-order valence-electron chi connectivity index (χ1n) is 11.0. The maximum atomic E-state index is 14.8. The molecule has 190 valence electrons. The smallest absolute Gasteiger partial charge is 0.192 e. The molecular formula is C25H25F2N3O4S2. The fourth-order valence-electron chi connectivity index (χ4n) is 3.65. The van der Waals surface area contributed by atoms with Gasteiger partial charge in [0.05, 0.1) is 17.1 Å². The van der Waals surface area contributed by atoms with Gasteiger partial charge in [0.2, 0.25) is 0 Å². The van der Waals surface area contributed by atoms with Crippen LogP contribution in [0.3, 0.4) is 0 Å². The van der Waals surface area contributed by atoms with Crippen LogP contribution in [0, 0.1) is 11.6 Å². The third-order valence-electron chi connectivity index (χ3n) is 5.50. The predicted molar refractivity (Wildman–Crippen MR) is 134 cm³/mol. The fraction of sp³-hybridized carbons (Fsp3) is 0.280. The first-order chi connectivity index (χ1) is 16.8. The van der Waals surface area contributed by atoms with E-state index in [2.05, 4.69) is 14.9 Å². The number of hydrogen-bond acceptors (Lipinski definition) is 7.